The maximum Gasteiger partial charge on any atom is 0.264 e. The first-order valence-electron chi connectivity index (χ1n) is 4.37. The van der Waals surface area contributed by atoms with Crippen molar-refractivity contribution in [2.75, 3.05) is 11.9 Å². The van der Waals surface area contributed by atoms with Gasteiger partial charge in [-0.3, -0.25) is 10.1 Å². The van der Waals surface area contributed by atoms with Crippen LogP contribution in [0.5, 0.6) is 0 Å². The summed E-state index contributed by atoms with van der Waals surface area (Å²) in [5.41, 5.74) is 2.73. The van der Waals surface area contributed by atoms with Crippen molar-refractivity contribution < 1.29 is 4.79 Å². The summed E-state index contributed by atoms with van der Waals surface area (Å²) < 4.78 is 0. The third kappa shape index (κ3) is 1.40. The fraction of sp³-hybridized carbons (Fsp3) is 0.200. The van der Waals surface area contributed by atoms with Crippen LogP contribution in [0, 0.1) is 11.5 Å². The van der Waals surface area contributed by atoms with E-state index in [1.165, 1.54) is 5.56 Å². The van der Waals surface area contributed by atoms with Crippen molar-refractivity contribution >= 4 is 11.6 Å². The minimum absolute atomic E-state index is 0.357. The van der Waals surface area contributed by atoms with Crippen molar-refractivity contribution in [2.24, 2.45) is 0 Å². The van der Waals surface area contributed by atoms with Crippen LogP contribution in [0.1, 0.15) is 15.9 Å². The van der Waals surface area contributed by atoms with Crippen LogP contribution in [-0.2, 0) is 6.42 Å². The number of anilines is 1. The Morgan fingerprint density at radius 3 is 3.21 bits per heavy atom. The van der Waals surface area contributed by atoms with Gasteiger partial charge < -0.3 is 5.32 Å². The fourth-order valence-corrected chi connectivity index (χ4v) is 1.56. The number of nitrogens with one attached hydrogen (secondary N) is 2. The molecule has 0 unspecified atom stereocenters. The summed E-state index contributed by atoms with van der Waals surface area (Å²) in [6, 6.07) is 5.43. The summed E-state index contributed by atoms with van der Waals surface area (Å²) in [4.78, 5) is 11.3. The van der Waals surface area contributed by atoms with Crippen LogP contribution in [-0.4, -0.2) is 12.5 Å². The highest BCUT2D eigenvalue weighted by Gasteiger charge is 2.12. The fourth-order valence-electron chi connectivity index (χ4n) is 1.56. The smallest absolute Gasteiger partial charge is 0.264 e. The van der Waals surface area contributed by atoms with E-state index in [9.17, 15) is 4.79 Å². The molecule has 4 heteroatoms. The van der Waals surface area contributed by atoms with Crippen LogP contribution in [0.15, 0.2) is 18.2 Å². The summed E-state index contributed by atoms with van der Waals surface area (Å²) in [6.45, 7) is 0.915. The number of benzene rings is 1. The number of carbonyl (C=O) groups is 1. The molecule has 0 saturated carbocycles. The Morgan fingerprint density at radius 1 is 1.57 bits per heavy atom. The SMILES string of the molecule is N#CNC(=O)c1ccc2c(c1)NCC2. The first-order chi connectivity index (χ1) is 6.81. The molecule has 0 spiro atoms. The Labute approximate surface area is 81.5 Å². The molecule has 2 rings (SSSR count). The standard InChI is InChI=1S/C10H9N3O/c11-6-13-10(14)8-2-1-7-3-4-12-9(7)5-8/h1-2,5,12H,3-4H2,(H,13,14). The van der Waals surface area contributed by atoms with Gasteiger partial charge in [-0.1, -0.05) is 6.07 Å². The quantitative estimate of drug-likeness (QED) is 0.506. The summed E-state index contributed by atoms with van der Waals surface area (Å²) in [7, 11) is 0. The summed E-state index contributed by atoms with van der Waals surface area (Å²) in [5.74, 6) is -0.357. The van der Waals surface area contributed by atoms with Crippen LogP contribution in [0.3, 0.4) is 0 Å². The highest BCUT2D eigenvalue weighted by Crippen LogP contribution is 2.22. The molecule has 4 nitrogen and oxygen atoms in total. The van der Waals surface area contributed by atoms with Gasteiger partial charge in [0, 0.05) is 17.8 Å². The number of rotatable bonds is 1. The maximum absolute atomic E-state index is 11.3. The lowest BCUT2D eigenvalue weighted by atomic mass is 10.1. The lowest BCUT2D eigenvalue weighted by molar-refractivity contribution is 0.0973. The number of hydrogen-bond acceptors (Lipinski definition) is 3. The first kappa shape index (κ1) is 8.57. The van der Waals surface area contributed by atoms with E-state index in [1.54, 1.807) is 18.3 Å². The zero-order valence-electron chi connectivity index (χ0n) is 7.50. The van der Waals surface area contributed by atoms with Gasteiger partial charge in [-0.2, -0.15) is 5.26 Å². The molecular formula is C10H9N3O. The topological polar surface area (TPSA) is 64.9 Å². The Kier molecular flexibility index (Phi) is 2.07. The van der Waals surface area contributed by atoms with Gasteiger partial charge in [0.2, 0.25) is 0 Å². The highest BCUT2D eigenvalue weighted by molar-refractivity contribution is 5.96. The van der Waals surface area contributed by atoms with Gasteiger partial charge in [-0.15, -0.1) is 0 Å². The highest BCUT2D eigenvalue weighted by atomic mass is 16.1. The Morgan fingerprint density at radius 2 is 2.43 bits per heavy atom. The number of nitrogens with zero attached hydrogens (tertiary/aromatic N) is 1. The summed E-state index contributed by atoms with van der Waals surface area (Å²) in [5, 5.41) is 13.6. The van der Waals surface area contributed by atoms with Crippen molar-refractivity contribution in [2.45, 2.75) is 6.42 Å². The average Bonchev–Trinajstić information content (AvgIpc) is 2.64. The summed E-state index contributed by atoms with van der Waals surface area (Å²) in [6.07, 6.45) is 2.61. The molecule has 1 aromatic rings. The zero-order chi connectivity index (χ0) is 9.97. The number of nitriles is 1. The van der Waals surface area contributed by atoms with E-state index < -0.39 is 0 Å². The molecule has 70 valence electrons. The first-order valence-corrected chi connectivity index (χ1v) is 4.37. The van der Waals surface area contributed by atoms with Crippen LogP contribution in [0.2, 0.25) is 0 Å². The zero-order valence-corrected chi connectivity index (χ0v) is 7.50. The van der Waals surface area contributed by atoms with Gasteiger partial charge in [-0.25, -0.2) is 0 Å². The molecule has 1 heterocycles. The Balaban J connectivity index is 2.29. The third-order valence-corrected chi connectivity index (χ3v) is 2.25. The van der Waals surface area contributed by atoms with Gasteiger partial charge in [-0.05, 0) is 24.1 Å². The molecule has 0 aliphatic carbocycles. The molecule has 1 aliphatic rings. The predicted octanol–water partition coefficient (Wildman–Crippen LogP) is 0.865. The van der Waals surface area contributed by atoms with E-state index in [2.05, 4.69) is 10.6 Å². The van der Waals surface area contributed by atoms with Crippen LogP contribution >= 0.6 is 0 Å². The third-order valence-electron chi connectivity index (χ3n) is 2.25. The van der Waals surface area contributed by atoms with E-state index >= 15 is 0 Å². The van der Waals surface area contributed by atoms with Crippen molar-refractivity contribution in [1.29, 1.82) is 5.26 Å². The minimum Gasteiger partial charge on any atom is -0.384 e. The van der Waals surface area contributed by atoms with E-state index in [0.717, 1.165) is 18.7 Å². The van der Waals surface area contributed by atoms with Gasteiger partial charge in [0.25, 0.3) is 5.91 Å². The normalized spacial score (nSPS) is 12.5. The van der Waals surface area contributed by atoms with Crippen LogP contribution < -0.4 is 10.6 Å². The molecule has 0 aromatic heterocycles. The monoisotopic (exact) mass is 187 g/mol. The van der Waals surface area contributed by atoms with E-state index in [1.807, 2.05) is 6.07 Å². The van der Waals surface area contributed by atoms with Crippen molar-refractivity contribution in [1.82, 2.24) is 5.32 Å². The number of fused-ring (bicyclic) bond motifs is 1. The Bertz CT molecular complexity index is 420. The average molecular weight is 187 g/mol. The summed E-state index contributed by atoms with van der Waals surface area (Å²) >= 11 is 0. The second-order valence-corrected chi connectivity index (χ2v) is 3.11. The van der Waals surface area contributed by atoms with E-state index in [4.69, 9.17) is 5.26 Å². The molecule has 0 fully saturated rings. The molecule has 0 saturated heterocycles. The largest absolute Gasteiger partial charge is 0.384 e. The molecule has 2 N–H and O–H groups in total. The molecule has 1 aliphatic heterocycles. The molecule has 14 heavy (non-hydrogen) atoms. The molecule has 0 atom stereocenters. The van der Waals surface area contributed by atoms with Crippen molar-refractivity contribution in [3.05, 3.63) is 29.3 Å². The number of amides is 1. The second-order valence-electron chi connectivity index (χ2n) is 3.11. The van der Waals surface area contributed by atoms with E-state index in [-0.39, 0.29) is 5.91 Å². The molecule has 0 radical (unpaired) electrons. The van der Waals surface area contributed by atoms with Gasteiger partial charge in [0.15, 0.2) is 6.19 Å². The lowest BCUT2D eigenvalue weighted by Gasteiger charge is -2.02. The van der Waals surface area contributed by atoms with Crippen molar-refractivity contribution in [3.8, 4) is 6.19 Å². The second kappa shape index (κ2) is 3.38. The lowest BCUT2D eigenvalue weighted by Crippen LogP contribution is -2.17. The van der Waals surface area contributed by atoms with Crippen LogP contribution in [0.25, 0.3) is 0 Å². The van der Waals surface area contributed by atoms with Gasteiger partial charge in [0.05, 0.1) is 0 Å². The molecule has 1 amide bonds. The number of hydrogen-bond donors (Lipinski definition) is 2. The predicted molar refractivity (Wildman–Crippen MR) is 51.7 cm³/mol. The maximum atomic E-state index is 11.3. The van der Waals surface area contributed by atoms with Crippen LogP contribution in [0.4, 0.5) is 5.69 Å². The van der Waals surface area contributed by atoms with E-state index in [0.29, 0.717) is 5.56 Å². The van der Waals surface area contributed by atoms with Crippen molar-refractivity contribution in [3.63, 3.8) is 0 Å². The minimum atomic E-state index is -0.357. The van der Waals surface area contributed by atoms with Gasteiger partial charge in [0.1, 0.15) is 0 Å². The molecule has 1 aromatic carbocycles. The van der Waals surface area contributed by atoms with Gasteiger partial charge >= 0.3 is 0 Å². The Hall–Kier alpha value is -2.02. The number of carbonyl (C=O) groups excluding carboxylic acids is 1. The molecular weight excluding hydrogens is 178 g/mol. The molecule has 0 bridgehead atoms.